The number of nitrogens with zero attached hydrogens (tertiary/aromatic N) is 2. The summed E-state index contributed by atoms with van der Waals surface area (Å²) >= 11 is 0. The van der Waals surface area contributed by atoms with Crippen molar-refractivity contribution in [2.75, 3.05) is 26.3 Å². The van der Waals surface area contributed by atoms with Crippen molar-refractivity contribution >= 4 is 0 Å². The molecule has 71 valence electrons. The third-order valence-electron chi connectivity index (χ3n) is 2.51. The second-order valence-electron chi connectivity index (χ2n) is 3.28. The van der Waals surface area contributed by atoms with Crippen LogP contribution in [0.25, 0.3) is 0 Å². The first-order chi connectivity index (χ1) is 6.38. The lowest BCUT2D eigenvalue weighted by Gasteiger charge is -2.31. The summed E-state index contributed by atoms with van der Waals surface area (Å²) in [4.78, 5) is 2.38. The molecule has 4 heteroatoms. The van der Waals surface area contributed by atoms with Gasteiger partial charge in [0.2, 0.25) is 0 Å². The quantitative estimate of drug-likeness (QED) is 0.724. The number of ether oxygens (including phenoxy) is 1. The van der Waals surface area contributed by atoms with E-state index in [4.69, 9.17) is 4.74 Å². The predicted octanol–water partition coefficient (Wildman–Crippen LogP) is 0.603. The van der Waals surface area contributed by atoms with Gasteiger partial charge >= 0.3 is 0 Å². The van der Waals surface area contributed by atoms with Crippen molar-refractivity contribution in [1.29, 1.82) is 0 Å². The van der Waals surface area contributed by atoms with Gasteiger partial charge in [-0.15, -0.1) is 0 Å². The van der Waals surface area contributed by atoms with Crippen LogP contribution in [0, 0.1) is 6.20 Å². The Morgan fingerprint density at radius 3 is 3.00 bits per heavy atom. The largest absolute Gasteiger partial charge is 0.379 e. The molecule has 4 nitrogen and oxygen atoms in total. The topological polar surface area (TPSA) is 41.2 Å². The number of morpholine rings is 1. The minimum atomic E-state index is 0.391. The maximum atomic E-state index is 5.29. The Kier molecular flexibility index (Phi) is 2.61. The second-order valence-corrected chi connectivity index (χ2v) is 3.28. The van der Waals surface area contributed by atoms with Gasteiger partial charge in [0.15, 0.2) is 0 Å². The normalized spacial score (nSPS) is 21.6. The van der Waals surface area contributed by atoms with E-state index in [0.29, 0.717) is 6.04 Å². The van der Waals surface area contributed by atoms with E-state index < -0.39 is 0 Å². The van der Waals surface area contributed by atoms with Crippen LogP contribution in [0.2, 0.25) is 0 Å². The Labute approximate surface area is 77.9 Å². The van der Waals surface area contributed by atoms with Crippen molar-refractivity contribution in [1.82, 2.24) is 15.1 Å². The number of nitrogens with one attached hydrogen (secondary N) is 1. The molecule has 2 rings (SSSR count). The van der Waals surface area contributed by atoms with Crippen LogP contribution >= 0.6 is 0 Å². The molecular weight excluding hydrogens is 166 g/mol. The van der Waals surface area contributed by atoms with E-state index in [1.54, 1.807) is 0 Å². The van der Waals surface area contributed by atoms with E-state index in [2.05, 4.69) is 28.2 Å². The molecule has 1 aromatic rings. The number of H-pyrrole nitrogens is 1. The summed E-state index contributed by atoms with van der Waals surface area (Å²) in [5.41, 5.74) is 1.13. The van der Waals surface area contributed by atoms with Gasteiger partial charge in [-0.2, -0.15) is 5.10 Å². The van der Waals surface area contributed by atoms with Crippen molar-refractivity contribution in [3.05, 3.63) is 18.0 Å². The molecule has 13 heavy (non-hydrogen) atoms. The number of hydrogen-bond donors (Lipinski definition) is 1. The Bertz CT molecular complexity index is 241. The maximum Gasteiger partial charge on any atom is 0.117 e. The molecule has 1 radical (unpaired) electrons. The van der Waals surface area contributed by atoms with Gasteiger partial charge in [-0.3, -0.25) is 10.00 Å². The summed E-state index contributed by atoms with van der Waals surface area (Å²) in [6, 6.07) is 0.391. The highest BCUT2D eigenvalue weighted by molar-refractivity contribution is 5.07. The van der Waals surface area contributed by atoms with Crippen LogP contribution in [-0.2, 0) is 4.74 Å². The molecule has 1 saturated heterocycles. The molecule has 0 aliphatic carbocycles. The molecule has 0 saturated carbocycles. The third kappa shape index (κ3) is 1.89. The van der Waals surface area contributed by atoms with Crippen LogP contribution in [0.1, 0.15) is 18.5 Å². The molecular formula is C9H14N3O. The standard InChI is InChI=1S/C9H14N3O/c1-8(9-6-10-11-7-9)12-2-4-13-5-3-12/h6,8H,2-5H2,1H3,(H,10,11). The predicted molar refractivity (Wildman–Crippen MR) is 48.2 cm³/mol. The summed E-state index contributed by atoms with van der Waals surface area (Å²) in [7, 11) is 0. The first kappa shape index (κ1) is 8.72. The fourth-order valence-electron chi connectivity index (χ4n) is 1.61. The highest BCUT2D eigenvalue weighted by Crippen LogP contribution is 2.18. The number of hydrogen-bond acceptors (Lipinski definition) is 3. The van der Waals surface area contributed by atoms with E-state index >= 15 is 0 Å². The molecule has 0 aromatic carbocycles. The highest BCUT2D eigenvalue weighted by atomic mass is 16.5. The van der Waals surface area contributed by atoms with Crippen LogP contribution in [0.5, 0.6) is 0 Å². The monoisotopic (exact) mass is 180 g/mol. The zero-order chi connectivity index (χ0) is 9.10. The Morgan fingerprint density at radius 1 is 1.62 bits per heavy atom. The van der Waals surface area contributed by atoms with Crippen molar-refractivity contribution in [3.8, 4) is 0 Å². The van der Waals surface area contributed by atoms with E-state index in [1.165, 1.54) is 0 Å². The first-order valence-electron chi connectivity index (χ1n) is 4.61. The zero-order valence-electron chi connectivity index (χ0n) is 7.79. The van der Waals surface area contributed by atoms with E-state index in [-0.39, 0.29) is 0 Å². The Hall–Kier alpha value is -0.870. The maximum absolute atomic E-state index is 5.29. The molecule has 1 N–H and O–H groups in total. The average molecular weight is 180 g/mol. The number of rotatable bonds is 2. The highest BCUT2D eigenvalue weighted by Gasteiger charge is 2.18. The minimum absolute atomic E-state index is 0.391. The Morgan fingerprint density at radius 2 is 2.38 bits per heavy atom. The molecule has 1 atom stereocenters. The van der Waals surface area contributed by atoms with Crippen LogP contribution in [0.3, 0.4) is 0 Å². The van der Waals surface area contributed by atoms with Crippen molar-refractivity contribution in [2.24, 2.45) is 0 Å². The SMILES string of the molecule is CC(c1[c]n[nH]c1)N1CCOCC1. The van der Waals surface area contributed by atoms with Crippen LogP contribution < -0.4 is 0 Å². The number of aromatic amines is 1. The van der Waals surface area contributed by atoms with Crippen molar-refractivity contribution in [3.63, 3.8) is 0 Å². The van der Waals surface area contributed by atoms with Gasteiger partial charge in [-0.1, -0.05) is 0 Å². The van der Waals surface area contributed by atoms with Gasteiger partial charge < -0.3 is 4.74 Å². The minimum Gasteiger partial charge on any atom is -0.379 e. The number of aromatic nitrogens is 2. The summed E-state index contributed by atoms with van der Waals surface area (Å²) in [6.07, 6.45) is 4.85. The average Bonchev–Trinajstić information content (AvgIpc) is 2.71. The Balaban J connectivity index is 1.99. The molecule has 1 unspecified atom stereocenters. The summed E-state index contributed by atoms with van der Waals surface area (Å²) < 4.78 is 5.29. The van der Waals surface area contributed by atoms with Gasteiger partial charge in [0.25, 0.3) is 0 Å². The van der Waals surface area contributed by atoms with Gasteiger partial charge in [0.05, 0.1) is 13.2 Å². The van der Waals surface area contributed by atoms with Gasteiger partial charge in [0.1, 0.15) is 6.20 Å². The van der Waals surface area contributed by atoms with E-state index in [1.807, 2.05) is 6.20 Å². The van der Waals surface area contributed by atoms with E-state index in [0.717, 1.165) is 31.9 Å². The van der Waals surface area contributed by atoms with Gasteiger partial charge in [0, 0.05) is 30.9 Å². The first-order valence-corrected chi connectivity index (χ1v) is 4.61. The molecule has 1 fully saturated rings. The zero-order valence-corrected chi connectivity index (χ0v) is 7.79. The fourth-order valence-corrected chi connectivity index (χ4v) is 1.61. The summed E-state index contributed by atoms with van der Waals surface area (Å²) in [6.45, 7) is 5.84. The van der Waals surface area contributed by atoms with Gasteiger partial charge in [-0.05, 0) is 6.92 Å². The molecule has 1 aliphatic heterocycles. The molecule has 0 spiro atoms. The van der Waals surface area contributed by atoms with Gasteiger partial charge in [-0.25, -0.2) is 0 Å². The van der Waals surface area contributed by atoms with Crippen LogP contribution in [0.15, 0.2) is 6.20 Å². The lowest BCUT2D eigenvalue weighted by Crippen LogP contribution is -2.37. The molecule has 1 aliphatic rings. The smallest absolute Gasteiger partial charge is 0.117 e. The third-order valence-corrected chi connectivity index (χ3v) is 2.51. The van der Waals surface area contributed by atoms with Crippen molar-refractivity contribution < 1.29 is 4.74 Å². The van der Waals surface area contributed by atoms with E-state index in [9.17, 15) is 0 Å². The lowest BCUT2D eigenvalue weighted by atomic mass is 10.1. The summed E-state index contributed by atoms with van der Waals surface area (Å²) in [5.74, 6) is 0. The van der Waals surface area contributed by atoms with Crippen molar-refractivity contribution in [2.45, 2.75) is 13.0 Å². The second kappa shape index (κ2) is 3.89. The molecule has 0 bridgehead atoms. The van der Waals surface area contributed by atoms with Crippen LogP contribution in [0.4, 0.5) is 0 Å². The molecule has 0 amide bonds. The summed E-state index contributed by atoms with van der Waals surface area (Å²) in [5, 5.41) is 6.62. The van der Waals surface area contributed by atoms with Crippen LogP contribution in [-0.4, -0.2) is 41.4 Å². The fraction of sp³-hybridized carbons (Fsp3) is 0.667. The molecule has 1 aromatic heterocycles. The molecule has 2 heterocycles. The lowest BCUT2D eigenvalue weighted by molar-refractivity contribution is 0.0198.